The molecular weight excluding hydrogens is 164 g/mol. The summed E-state index contributed by atoms with van der Waals surface area (Å²) in [5, 5.41) is 2.99. The van der Waals surface area contributed by atoms with Crippen molar-refractivity contribution in [1.82, 2.24) is 10.2 Å². The van der Waals surface area contributed by atoms with Gasteiger partial charge in [-0.2, -0.15) is 0 Å². The van der Waals surface area contributed by atoms with E-state index in [9.17, 15) is 4.79 Å². The van der Waals surface area contributed by atoms with Crippen LogP contribution in [0.1, 0.15) is 39.5 Å². The molecule has 13 heavy (non-hydrogen) atoms. The monoisotopic (exact) mass is 184 g/mol. The van der Waals surface area contributed by atoms with E-state index in [4.69, 9.17) is 0 Å². The first-order valence-electron chi connectivity index (χ1n) is 5.29. The summed E-state index contributed by atoms with van der Waals surface area (Å²) < 4.78 is 0. The average Bonchev–Trinajstić information content (AvgIpc) is 2.19. The van der Waals surface area contributed by atoms with Crippen LogP contribution < -0.4 is 5.32 Å². The molecule has 1 unspecified atom stereocenters. The van der Waals surface area contributed by atoms with E-state index < -0.39 is 0 Å². The normalized spacial score (nSPS) is 19.7. The van der Waals surface area contributed by atoms with Crippen LogP contribution >= 0.6 is 0 Å². The maximum absolute atomic E-state index is 11.6. The molecule has 0 radical (unpaired) electrons. The number of amides is 2. The van der Waals surface area contributed by atoms with Crippen molar-refractivity contribution in [2.75, 3.05) is 13.1 Å². The van der Waals surface area contributed by atoms with Crippen LogP contribution in [0.15, 0.2) is 0 Å². The molecule has 1 N–H and O–H groups in total. The van der Waals surface area contributed by atoms with Crippen molar-refractivity contribution in [3.05, 3.63) is 0 Å². The zero-order valence-corrected chi connectivity index (χ0v) is 8.68. The predicted molar refractivity (Wildman–Crippen MR) is 53.7 cm³/mol. The van der Waals surface area contributed by atoms with Gasteiger partial charge in [0.1, 0.15) is 0 Å². The minimum atomic E-state index is 0.119. The number of carbonyl (C=O) groups is 1. The number of hydrogen-bond acceptors (Lipinski definition) is 1. The second kappa shape index (κ2) is 5.10. The zero-order chi connectivity index (χ0) is 9.68. The van der Waals surface area contributed by atoms with Gasteiger partial charge in [0.2, 0.25) is 0 Å². The molecule has 1 atom stereocenters. The van der Waals surface area contributed by atoms with E-state index in [-0.39, 0.29) is 6.03 Å². The summed E-state index contributed by atoms with van der Waals surface area (Å²) in [6.07, 6.45) is 4.59. The Morgan fingerprint density at radius 3 is 2.54 bits per heavy atom. The maximum Gasteiger partial charge on any atom is 0.317 e. The smallest absolute Gasteiger partial charge is 0.317 e. The molecule has 1 rings (SSSR count). The summed E-state index contributed by atoms with van der Waals surface area (Å²) in [5.41, 5.74) is 0. The van der Waals surface area contributed by atoms with Gasteiger partial charge in [-0.15, -0.1) is 0 Å². The highest BCUT2D eigenvalue weighted by Gasteiger charge is 2.16. The van der Waals surface area contributed by atoms with E-state index in [0.717, 1.165) is 32.4 Å². The van der Waals surface area contributed by atoms with Crippen molar-refractivity contribution in [3.8, 4) is 0 Å². The van der Waals surface area contributed by atoms with Gasteiger partial charge in [0.15, 0.2) is 0 Å². The van der Waals surface area contributed by atoms with Crippen LogP contribution in [0, 0.1) is 0 Å². The Kier molecular flexibility index (Phi) is 4.06. The third-order valence-corrected chi connectivity index (χ3v) is 2.63. The standard InChI is InChI=1S/C10H20N2O/c1-3-9(2)11-10(13)12-7-5-4-6-8-12/h9H,3-8H2,1-2H3,(H,11,13). The van der Waals surface area contributed by atoms with Crippen LogP contribution in [-0.4, -0.2) is 30.1 Å². The van der Waals surface area contributed by atoms with Gasteiger partial charge in [-0.25, -0.2) is 4.79 Å². The Morgan fingerprint density at radius 1 is 1.38 bits per heavy atom. The van der Waals surface area contributed by atoms with Crippen LogP contribution in [0.4, 0.5) is 4.79 Å². The first-order valence-corrected chi connectivity index (χ1v) is 5.29. The molecule has 0 aromatic rings. The highest BCUT2D eigenvalue weighted by molar-refractivity contribution is 5.74. The van der Waals surface area contributed by atoms with Crippen molar-refractivity contribution in [2.24, 2.45) is 0 Å². The molecule has 0 spiro atoms. The second-order valence-corrected chi connectivity index (χ2v) is 3.81. The number of urea groups is 1. The molecule has 0 aliphatic carbocycles. The van der Waals surface area contributed by atoms with Crippen LogP contribution in [0.5, 0.6) is 0 Å². The summed E-state index contributed by atoms with van der Waals surface area (Å²) in [6.45, 7) is 5.99. The van der Waals surface area contributed by atoms with Gasteiger partial charge < -0.3 is 10.2 Å². The van der Waals surface area contributed by atoms with Crippen molar-refractivity contribution >= 4 is 6.03 Å². The highest BCUT2D eigenvalue weighted by Crippen LogP contribution is 2.08. The van der Waals surface area contributed by atoms with Crippen molar-refractivity contribution in [3.63, 3.8) is 0 Å². The number of nitrogens with zero attached hydrogens (tertiary/aromatic N) is 1. The fourth-order valence-corrected chi connectivity index (χ4v) is 1.50. The number of piperidine rings is 1. The topological polar surface area (TPSA) is 32.3 Å². The lowest BCUT2D eigenvalue weighted by atomic mass is 10.1. The fourth-order valence-electron chi connectivity index (χ4n) is 1.50. The molecule has 0 saturated carbocycles. The van der Waals surface area contributed by atoms with Crippen LogP contribution in [-0.2, 0) is 0 Å². The lowest BCUT2D eigenvalue weighted by Gasteiger charge is -2.28. The Hall–Kier alpha value is -0.730. The maximum atomic E-state index is 11.6. The molecule has 1 fully saturated rings. The number of rotatable bonds is 2. The molecule has 3 nitrogen and oxygen atoms in total. The second-order valence-electron chi connectivity index (χ2n) is 3.81. The van der Waals surface area contributed by atoms with Gasteiger partial charge in [-0.05, 0) is 32.6 Å². The van der Waals surface area contributed by atoms with Crippen LogP contribution in [0.3, 0.4) is 0 Å². The van der Waals surface area contributed by atoms with E-state index in [1.54, 1.807) is 0 Å². The van der Waals surface area contributed by atoms with Crippen LogP contribution in [0.25, 0.3) is 0 Å². The first kappa shape index (κ1) is 10.4. The Labute approximate surface area is 80.5 Å². The Bertz CT molecular complexity index is 164. The Balaban J connectivity index is 2.29. The molecule has 0 aromatic carbocycles. The number of nitrogens with one attached hydrogen (secondary N) is 1. The minimum Gasteiger partial charge on any atom is -0.336 e. The van der Waals surface area contributed by atoms with Crippen molar-refractivity contribution < 1.29 is 4.79 Å². The number of likely N-dealkylation sites (tertiary alicyclic amines) is 1. The highest BCUT2D eigenvalue weighted by atomic mass is 16.2. The molecule has 2 amide bonds. The fraction of sp³-hybridized carbons (Fsp3) is 0.900. The summed E-state index contributed by atoms with van der Waals surface area (Å²) in [4.78, 5) is 13.5. The minimum absolute atomic E-state index is 0.119. The number of carbonyl (C=O) groups excluding carboxylic acids is 1. The van der Waals surface area contributed by atoms with E-state index >= 15 is 0 Å². The SMILES string of the molecule is CCC(C)NC(=O)N1CCCCC1. The van der Waals surface area contributed by atoms with E-state index in [0.29, 0.717) is 6.04 Å². The Morgan fingerprint density at radius 2 is 2.00 bits per heavy atom. The molecule has 0 aromatic heterocycles. The quantitative estimate of drug-likeness (QED) is 0.699. The largest absolute Gasteiger partial charge is 0.336 e. The first-order chi connectivity index (χ1) is 6.24. The van der Waals surface area contributed by atoms with Gasteiger partial charge in [0, 0.05) is 19.1 Å². The molecule has 1 heterocycles. The van der Waals surface area contributed by atoms with E-state index in [2.05, 4.69) is 12.2 Å². The molecule has 1 saturated heterocycles. The van der Waals surface area contributed by atoms with Gasteiger partial charge in [-0.1, -0.05) is 6.92 Å². The molecule has 1 aliphatic heterocycles. The van der Waals surface area contributed by atoms with Gasteiger partial charge in [-0.3, -0.25) is 0 Å². The third-order valence-electron chi connectivity index (χ3n) is 2.63. The average molecular weight is 184 g/mol. The molecule has 0 bridgehead atoms. The van der Waals surface area contributed by atoms with Gasteiger partial charge in [0.25, 0.3) is 0 Å². The summed E-state index contributed by atoms with van der Waals surface area (Å²) in [7, 11) is 0. The molecule has 3 heteroatoms. The molecule has 1 aliphatic rings. The molecular formula is C10H20N2O. The van der Waals surface area contributed by atoms with Gasteiger partial charge >= 0.3 is 6.03 Å². The van der Waals surface area contributed by atoms with Gasteiger partial charge in [0.05, 0.1) is 0 Å². The summed E-state index contributed by atoms with van der Waals surface area (Å²) in [6, 6.07) is 0.420. The van der Waals surface area contributed by atoms with Crippen molar-refractivity contribution in [1.29, 1.82) is 0 Å². The van der Waals surface area contributed by atoms with E-state index in [1.165, 1.54) is 6.42 Å². The summed E-state index contributed by atoms with van der Waals surface area (Å²) >= 11 is 0. The molecule has 76 valence electrons. The van der Waals surface area contributed by atoms with Crippen LogP contribution in [0.2, 0.25) is 0 Å². The summed E-state index contributed by atoms with van der Waals surface area (Å²) in [5.74, 6) is 0. The zero-order valence-electron chi connectivity index (χ0n) is 8.68. The lowest BCUT2D eigenvalue weighted by Crippen LogP contribution is -2.45. The lowest BCUT2D eigenvalue weighted by molar-refractivity contribution is 0.183. The third kappa shape index (κ3) is 3.25. The predicted octanol–water partition coefficient (Wildman–Crippen LogP) is 1.98. The number of hydrogen-bond donors (Lipinski definition) is 1. The van der Waals surface area contributed by atoms with Crippen molar-refractivity contribution in [2.45, 2.75) is 45.6 Å². The van der Waals surface area contributed by atoms with E-state index in [1.807, 2.05) is 11.8 Å².